The first-order valence-electron chi connectivity index (χ1n) is 10.8. The lowest BCUT2D eigenvalue weighted by atomic mass is 9.78. The van der Waals surface area contributed by atoms with E-state index in [-0.39, 0.29) is 5.91 Å². The van der Waals surface area contributed by atoms with Gasteiger partial charge in [-0.1, -0.05) is 6.58 Å². The number of piperidine rings is 1. The van der Waals surface area contributed by atoms with Gasteiger partial charge < -0.3 is 25.8 Å². The highest BCUT2D eigenvalue weighted by molar-refractivity contribution is 6.02. The normalized spacial score (nSPS) is 17.4. The maximum atomic E-state index is 12.1. The van der Waals surface area contributed by atoms with Crippen LogP contribution in [0.25, 0.3) is 0 Å². The van der Waals surface area contributed by atoms with Crippen molar-refractivity contribution >= 4 is 34.6 Å². The maximum Gasteiger partial charge on any atom is 0.247 e. The number of benzene rings is 1. The molecule has 3 N–H and O–H groups in total. The van der Waals surface area contributed by atoms with Crippen LogP contribution in [0.5, 0.6) is 0 Å². The minimum Gasteiger partial charge on any atom is -0.371 e. The van der Waals surface area contributed by atoms with Gasteiger partial charge in [0, 0.05) is 38.9 Å². The summed E-state index contributed by atoms with van der Waals surface area (Å²) in [6.45, 7) is 7.89. The van der Waals surface area contributed by atoms with Gasteiger partial charge in [-0.15, -0.1) is 0 Å². The van der Waals surface area contributed by atoms with E-state index in [0.717, 1.165) is 43.4 Å². The summed E-state index contributed by atoms with van der Waals surface area (Å²) in [5.41, 5.74) is 3.02. The van der Waals surface area contributed by atoms with Crippen LogP contribution in [-0.2, 0) is 4.79 Å². The average Bonchev–Trinajstić information content (AvgIpc) is 3.18. The molecule has 0 aliphatic carbocycles. The number of nitrogens with one attached hydrogen (secondary N) is 3. The van der Waals surface area contributed by atoms with E-state index in [1.165, 1.54) is 31.7 Å². The van der Waals surface area contributed by atoms with E-state index in [2.05, 4.69) is 43.5 Å². The van der Waals surface area contributed by atoms with Gasteiger partial charge in [0.05, 0.1) is 11.4 Å². The van der Waals surface area contributed by atoms with Crippen molar-refractivity contribution in [1.82, 2.24) is 15.3 Å². The zero-order chi connectivity index (χ0) is 21.8. The van der Waals surface area contributed by atoms with E-state index in [4.69, 9.17) is 0 Å². The second kappa shape index (κ2) is 8.93. The zero-order valence-electron chi connectivity index (χ0n) is 18.3. The molecule has 1 aromatic carbocycles. The Balaban J connectivity index is 1.58. The summed E-state index contributed by atoms with van der Waals surface area (Å²) in [5, 5.41) is 9.73. The van der Waals surface area contributed by atoms with Crippen LogP contribution in [-0.4, -0.2) is 56.1 Å². The van der Waals surface area contributed by atoms with Gasteiger partial charge in [-0.2, -0.15) is 0 Å². The fourth-order valence-electron chi connectivity index (χ4n) is 4.44. The molecule has 8 heteroatoms. The van der Waals surface area contributed by atoms with Crippen molar-refractivity contribution in [1.29, 1.82) is 0 Å². The third-order valence-corrected chi connectivity index (χ3v) is 6.29. The van der Waals surface area contributed by atoms with Crippen molar-refractivity contribution in [3.8, 4) is 0 Å². The summed E-state index contributed by atoms with van der Waals surface area (Å²) in [6, 6.07) is 8.02. The van der Waals surface area contributed by atoms with Crippen LogP contribution >= 0.6 is 0 Å². The molecule has 0 bridgehead atoms. The molecule has 2 aliphatic heterocycles. The minimum atomic E-state index is -0.242. The SMILES string of the molecule is C=CC(=O)Nc1cc(N2CCC3(CCNCC3)C2)ccc1Nc1cc(N(C)C)ncn1. The quantitative estimate of drug-likeness (QED) is 0.618. The predicted octanol–water partition coefficient (Wildman–Crippen LogP) is 2.99. The maximum absolute atomic E-state index is 12.1. The minimum absolute atomic E-state index is 0.242. The van der Waals surface area contributed by atoms with Crippen LogP contribution in [0.3, 0.4) is 0 Å². The Morgan fingerprint density at radius 1 is 1.19 bits per heavy atom. The topological polar surface area (TPSA) is 85.4 Å². The molecule has 0 atom stereocenters. The largest absolute Gasteiger partial charge is 0.371 e. The van der Waals surface area contributed by atoms with Gasteiger partial charge in [-0.3, -0.25) is 4.79 Å². The van der Waals surface area contributed by atoms with E-state index < -0.39 is 0 Å². The molecule has 0 unspecified atom stereocenters. The molecule has 2 aliphatic rings. The van der Waals surface area contributed by atoms with Crippen LogP contribution in [0.1, 0.15) is 19.3 Å². The third kappa shape index (κ3) is 4.80. The molecule has 3 heterocycles. The van der Waals surface area contributed by atoms with Crippen molar-refractivity contribution in [2.75, 3.05) is 60.7 Å². The average molecular weight is 422 g/mol. The van der Waals surface area contributed by atoms with E-state index in [0.29, 0.717) is 16.9 Å². The number of carbonyl (C=O) groups excluding carboxylic acids is 1. The van der Waals surface area contributed by atoms with Gasteiger partial charge in [-0.25, -0.2) is 9.97 Å². The molecule has 164 valence electrons. The number of amides is 1. The Morgan fingerprint density at radius 3 is 2.74 bits per heavy atom. The van der Waals surface area contributed by atoms with Crippen molar-refractivity contribution in [3.05, 3.63) is 43.2 Å². The number of rotatable bonds is 6. The molecule has 31 heavy (non-hydrogen) atoms. The van der Waals surface area contributed by atoms with Gasteiger partial charge in [0.2, 0.25) is 5.91 Å². The van der Waals surface area contributed by atoms with Crippen molar-refractivity contribution in [2.45, 2.75) is 19.3 Å². The molecule has 0 radical (unpaired) electrons. The first-order valence-corrected chi connectivity index (χ1v) is 10.8. The monoisotopic (exact) mass is 421 g/mol. The first-order chi connectivity index (χ1) is 15.0. The highest BCUT2D eigenvalue weighted by Gasteiger charge is 2.39. The number of hydrogen-bond donors (Lipinski definition) is 3. The predicted molar refractivity (Wildman–Crippen MR) is 126 cm³/mol. The van der Waals surface area contributed by atoms with Crippen molar-refractivity contribution in [2.24, 2.45) is 5.41 Å². The molecular formula is C23H31N7O. The van der Waals surface area contributed by atoms with Crippen LogP contribution < -0.4 is 25.8 Å². The van der Waals surface area contributed by atoms with Crippen LogP contribution in [0.4, 0.5) is 28.7 Å². The van der Waals surface area contributed by atoms with Crippen LogP contribution in [0.15, 0.2) is 43.2 Å². The zero-order valence-corrected chi connectivity index (χ0v) is 18.3. The molecule has 0 saturated carbocycles. The molecule has 2 fully saturated rings. The summed E-state index contributed by atoms with van der Waals surface area (Å²) < 4.78 is 0. The summed E-state index contributed by atoms with van der Waals surface area (Å²) in [4.78, 5) is 25.0. The van der Waals surface area contributed by atoms with E-state index in [1.807, 2.05) is 37.2 Å². The lowest BCUT2D eigenvalue weighted by Crippen LogP contribution is -2.38. The third-order valence-electron chi connectivity index (χ3n) is 6.29. The summed E-state index contributed by atoms with van der Waals surface area (Å²) in [6.07, 6.45) is 6.48. The molecule has 4 rings (SSSR count). The number of anilines is 5. The fourth-order valence-corrected chi connectivity index (χ4v) is 4.44. The number of aromatic nitrogens is 2. The van der Waals surface area contributed by atoms with Gasteiger partial charge in [0.25, 0.3) is 0 Å². The van der Waals surface area contributed by atoms with Gasteiger partial charge in [-0.05, 0) is 62.0 Å². The molecule has 8 nitrogen and oxygen atoms in total. The Kier molecular flexibility index (Phi) is 6.08. The van der Waals surface area contributed by atoms with E-state index in [9.17, 15) is 4.79 Å². The second-order valence-corrected chi connectivity index (χ2v) is 8.63. The highest BCUT2D eigenvalue weighted by atomic mass is 16.1. The Morgan fingerprint density at radius 2 is 2.00 bits per heavy atom. The Bertz CT molecular complexity index is 953. The molecule has 1 amide bonds. The Hall–Kier alpha value is -3.13. The van der Waals surface area contributed by atoms with E-state index in [1.54, 1.807) is 0 Å². The molecule has 1 aromatic heterocycles. The van der Waals surface area contributed by atoms with E-state index >= 15 is 0 Å². The number of nitrogens with zero attached hydrogens (tertiary/aromatic N) is 4. The fraction of sp³-hybridized carbons (Fsp3) is 0.435. The standard InChI is InChI=1S/C23H31N7O/c1-4-22(31)28-19-13-17(30-12-9-23(15-30)7-10-24-11-8-23)5-6-18(19)27-20-14-21(29(2)3)26-16-25-20/h4-6,13-14,16,24H,1,7-12,15H2,2-3H3,(H,28,31)(H,25,26,27). The molecule has 2 aromatic rings. The second-order valence-electron chi connectivity index (χ2n) is 8.63. The number of carbonyl (C=O) groups is 1. The van der Waals surface area contributed by atoms with Crippen LogP contribution in [0, 0.1) is 5.41 Å². The molecule has 1 spiro atoms. The summed E-state index contributed by atoms with van der Waals surface area (Å²) >= 11 is 0. The lowest BCUT2D eigenvalue weighted by molar-refractivity contribution is -0.111. The number of hydrogen-bond acceptors (Lipinski definition) is 7. The van der Waals surface area contributed by atoms with Gasteiger partial charge >= 0.3 is 0 Å². The molecular weight excluding hydrogens is 390 g/mol. The first kappa shape index (κ1) is 21.1. The van der Waals surface area contributed by atoms with Crippen molar-refractivity contribution in [3.63, 3.8) is 0 Å². The van der Waals surface area contributed by atoms with Gasteiger partial charge in [0.15, 0.2) is 0 Å². The van der Waals surface area contributed by atoms with Crippen LogP contribution in [0.2, 0.25) is 0 Å². The summed E-state index contributed by atoms with van der Waals surface area (Å²) in [7, 11) is 3.86. The lowest BCUT2D eigenvalue weighted by Gasteiger charge is -2.34. The van der Waals surface area contributed by atoms with Gasteiger partial charge in [0.1, 0.15) is 18.0 Å². The summed E-state index contributed by atoms with van der Waals surface area (Å²) in [5.74, 6) is 1.22. The Labute approximate surface area is 183 Å². The molecule has 2 saturated heterocycles. The smallest absolute Gasteiger partial charge is 0.247 e. The highest BCUT2D eigenvalue weighted by Crippen LogP contribution is 2.41. The van der Waals surface area contributed by atoms with Crippen molar-refractivity contribution < 1.29 is 4.79 Å².